The number of carbonyl (C=O) groups is 1. The minimum Gasteiger partial charge on any atom is -0.462 e. The first kappa shape index (κ1) is 12.8. The molecule has 3 N–H and O–H groups in total. The van der Waals surface area contributed by atoms with Gasteiger partial charge in [0.2, 0.25) is 0 Å². The lowest BCUT2D eigenvalue weighted by molar-refractivity contribution is 0.0445. The summed E-state index contributed by atoms with van der Waals surface area (Å²) < 4.78 is 4.94. The standard InChI is InChI=1S/C11H14ClNO3/c1-7(14)4-5-16-11(15)9-6-8(12)2-3-10(9)13/h2-3,6-7,14H,4-5,13H2,1H3. The quantitative estimate of drug-likeness (QED) is 0.625. The normalized spacial score (nSPS) is 12.2. The molecule has 0 spiro atoms. The zero-order chi connectivity index (χ0) is 12.1. The minimum absolute atomic E-state index is 0.155. The van der Waals surface area contributed by atoms with E-state index in [1.807, 2.05) is 0 Å². The van der Waals surface area contributed by atoms with Gasteiger partial charge in [-0.25, -0.2) is 4.79 Å². The third-order valence-electron chi connectivity index (χ3n) is 2.00. The Morgan fingerprint density at radius 1 is 1.62 bits per heavy atom. The summed E-state index contributed by atoms with van der Waals surface area (Å²) in [6.45, 7) is 1.78. The van der Waals surface area contributed by atoms with Crippen molar-refractivity contribution in [2.75, 3.05) is 12.3 Å². The summed E-state index contributed by atoms with van der Waals surface area (Å²) in [6.07, 6.45) is -0.101. The monoisotopic (exact) mass is 243 g/mol. The van der Waals surface area contributed by atoms with Crippen molar-refractivity contribution < 1.29 is 14.6 Å². The van der Waals surface area contributed by atoms with E-state index >= 15 is 0 Å². The van der Waals surface area contributed by atoms with Gasteiger partial charge in [-0.3, -0.25) is 0 Å². The average Bonchev–Trinajstić information content (AvgIpc) is 2.21. The van der Waals surface area contributed by atoms with Gasteiger partial charge in [0.25, 0.3) is 0 Å². The third-order valence-corrected chi connectivity index (χ3v) is 2.24. The molecule has 16 heavy (non-hydrogen) atoms. The molecule has 0 saturated heterocycles. The van der Waals surface area contributed by atoms with E-state index in [2.05, 4.69) is 0 Å². The molecule has 1 rings (SSSR count). The maximum absolute atomic E-state index is 11.6. The van der Waals surface area contributed by atoms with E-state index in [0.29, 0.717) is 17.1 Å². The second kappa shape index (κ2) is 5.72. The van der Waals surface area contributed by atoms with Gasteiger partial charge in [-0.1, -0.05) is 11.6 Å². The molecule has 0 fully saturated rings. The molecule has 1 aromatic rings. The highest BCUT2D eigenvalue weighted by Gasteiger charge is 2.11. The molecule has 0 bridgehead atoms. The van der Waals surface area contributed by atoms with E-state index in [1.165, 1.54) is 6.07 Å². The molecule has 88 valence electrons. The highest BCUT2D eigenvalue weighted by Crippen LogP contribution is 2.18. The van der Waals surface area contributed by atoms with Gasteiger partial charge < -0.3 is 15.6 Å². The first-order chi connectivity index (χ1) is 7.50. The molecule has 0 radical (unpaired) electrons. The second-order valence-corrected chi connectivity index (χ2v) is 3.94. The SMILES string of the molecule is CC(O)CCOC(=O)c1cc(Cl)ccc1N. The van der Waals surface area contributed by atoms with Gasteiger partial charge in [0.15, 0.2) is 0 Å². The number of anilines is 1. The van der Waals surface area contributed by atoms with Crippen LogP contribution in [0, 0.1) is 0 Å². The van der Waals surface area contributed by atoms with E-state index in [1.54, 1.807) is 19.1 Å². The molecule has 0 aliphatic heterocycles. The number of aliphatic hydroxyl groups excluding tert-OH is 1. The summed E-state index contributed by atoms with van der Waals surface area (Å²) in [4.78, 5) is 11.6. The van der Waals surface area contributed by atoms with Gasteiger partial charge in [-0.05, 0) is 25.1 Å². The molecule has 0 aliphatic carbocycles. The summed E-state index contributed by atoms with van der Waals surface area (Å²) in [6, 6.07) is 4.61. The number of nitrogen functional groups attached to an aromatic ring is 1. The lowest BCUT2D eigenvalue weighted by atomic mass is 10.2. The van der Waals surface area contributed by atoms with Crippen LogP contribution in [-0.2, 0) is 4.74 Å². The molecule has 1 atom stereocenters. The first-order valence-corrected chi connectivity index (χ1v) is 5.28. The fourth-order valence-corrected chi connectivity index (χ4v) is 1.28. The smallest absolute Gasteiger partial charge is 0.340 e. The Hall–Kier alpha value is -1.26. The molecule has 4 nitrogen and oxygen atoms in total. The van der Waals surface area contributed by atoms with Gasteiger partial charge in [-0.2, -0.15) is 0 Å². The first-order valence-electron chi connectivity index (χ1n) is 4.91. The van der Waals surface area contributed by atoms with Crippen LogP contribution in [0.4, 0.5) is 5.69 Å². The van der Waals surface area contributed by atoms with Crippen LogP contribution >= 0.6 is 11.6 Å². The van der Waals surface area contributed by atoms with E-state index in [9.17, 15) is 4.79 Å². The number of halogens is 1. The molecule has 0 amide bonds. The number of esters is 1. The molecule has 1 aromatic carbocycles. The van der Waals surface area contributed by atoms with Crippen LogP contribution in [0.1, 0.15) is 23.7 Å². The summed E-state index contributed by atoms with van der Waals surface area (Å²) >= 11 is 5.74. The van der Waals surface area contributed by atoms with Crippen LogP contribution in [0.2, 0.25) is 5.02 Å². The van der Waals surface area contributed by atoms with E-state index in [-0.39, 0.29) is 12.2 Å². The van der Waals surface area contributed by atoms with Crippen molar-refractivity contribution in [1.82, 2.24) is 0 Å². The topological polar surface area (TPSA) is 72.5 Å². The van der Waals surface area contributed by atoms with Crippen molar-refractivity contribution >= 4 is 23.3 Å². The maximum Gasteiger partial charge on any atom is 0.340 e. The van der Waals surface area contributed by atoms with Gasteiger partial charge in [0.1, 0.15) is 0 Å². The number of carbonyl (C=O) groups excluding carboxylic acids is 1. The predicted molar refractivity (Wildman–Crippen MR) is 62.4 cm³/mol. The molecule has 5 heteroatoms. The molecule has 0 aliphatic rings. The summed E-state index contributed by atoms with van der Waals surface area (Å²) in [5.74, 6) is -0.527. The predicted octanol–water partition coefficient (Wildman–Crippen LogP) is 1.85. The lowest BCUT2D eigenvalue weighted by Crippen LogP contribution is -2.12. The Kier molecular flexibility index (Phi) is 4.58. The number of aliphatic hydroxyl groups is 1. The molecule has 0 saturated carbocycles. The van der Waals surface area contributed by atoms with Crippen LogP contribution in [0.15, 0.2) is 18.2 Å². The van der Waals surface area contributed by atoms with E-state index in [4.69, 9.17) is 27.2 Å². The molecule has 0 aromatic heterocycles. The lowest BCUT2D eigenvalue weighted by Gasteiger charge is -2.08. The van der Waals surface area contributed by atoms with Crippen LogP contribution < -0.4 is 5.73 Å². The Morgan fingerprint density at radius 3 is 2.94 bits per heavy atom. The number of rotatable bonds is 4. The Morgan fingerprint density at radius 2 is 2.31 bits per heavy atom. The molecule has 1 unspecified atom stereocenters. The fraction of sp³-hybridized carbons (Fsp3) is 0.364. The zero-order valence-corrected chi connectivity index (χ0v) is 9.70. The second-order valence-electron chi connectivity index (χ2n) is 3.51. The fourth-order valence-electron chi connectivity index (χ4n) is 1.11. The molecular weight excluding hydrogens is 230 g/mol. The van der Waals surface area contributed by atoms with Crippen LogP contribution in [-0.4, -0.2) is 23.8 Å². The van der Waals surface area contributed by atoms with Crippen LogP contribution in [0.5, 0.6) is 0 Å². The van der Waals surface area contributed by atoms with Gasteiger partial charge in [-0.15, -0.1) is 0 Å². The summed E-state index contributed by atoms with van der Waals surface area (Å²) in [5, 5.41) is 9.42. The molecular formula is C11H14ClNO3. The number of nitrogens with two attached hydrogens (primary N) is 1. The minimum atomic E-state index is -0.527. The van der Waals surface area contributed by atoms with E-state index < -0.39 is 12.1 Å². The highest BCUT2D eigenvalue weighted by molar-refractivity contribution is 6.31. The van der Waals surface area contributed by atoms with Crippen molar-refractivity contribution in [2.45, 2.75) is 19.4 Å². The van der Waals surface area contributed by atoms with Crippen LogP contribution in [0.25, 0.3) is 0 Å². The maximum atomic E-state index is 11.6. The van der Waals surface area contributed by atoms with Gasteiger partial charge in [0.05, 0.1) is 18.3 Å². The average molecular weight is 244 g/mol. The molecule has 0 heterocycles. The summed E-state index contributed by atoms with van der Waals surface area (Å²) in [5.41, 5.74) is 6.19. The van der Waals surface area contributed by atoms with Crippen molar-refractivity contribution in [1.29, 1.82) is 0 Å². The Balaban J connectivity index is 2.62. The number of hydrogen-bond donors (Lipinski definition) is 2. The highest BCUT2D eigenvalue weighted by atomic mass is 35.5. The number of hydrogen-bond acceptors (Lipinski definition) is 4. The van der Waals surface area contributed by atoms with Crippen molar-refractivity contribution in [3.63, 3.8) is 0 Å². The number of benzene rings is 1. The Labute approximate surface area is 99.0 Å². The largest absolute Gasteiger partial charge is 0.462 e. The van der Waals surface area contributed by atoms with Crippen molar-refractivity contribution in [2.24, 2.45) is 0 Å². The van der Waals surface area contributed by atoms with Gasteiger partial charge in [0, 0.05) is 17.1 Å². The van der Waals surface area contributed by atoms with Crippen molar-refractivity contribution in [3.8, 4) is 0 Å². The zero-order valence-electron chi connectivity index (χ0n) is 8.94. The van der Waals surface area contributed by atoms with Gasteiger partial charge >= 0.3 is 5.97 Å². The van der Waals surface area contributed by atoms with Crippen LogP contribution in [0.3, 0.4) is 0 Å². The number of ether oxygens (including phenoxy) is 1. The van der Waals surface area contributed by atoms with Crippen molar-refractivity contribution in [3.05, 3.63) is 28.8 Å². The third kappa shape index (κ3) is 3.72. The van der Waals surface area contributed by atoms with E-state index in [0.717, 1.165) is 0 Å². The Bertz CT molecular complexity index is 379. The summed E-state index contributed by atoms with van der Waals surface area (Å²) in [7, 11) is 0.